The molecule has 2 heterocycles. The van der Waals surface area contributed by atoms with Crippen molar-refractivity contribution in [1.82, 2.24) is 15.1 Å². The summed E-state index contributed by atoms with van der Waals surface area (Å²) in [7, 11) is 0. The van der Waals surface area contributed by atoms with Crippen molar-refractivity contribution >= 4 is 5.91 Å². The van der Waals surface area contributed by atoms with Gasteiger partial charge in [-0.05, 0) is 26.0 Å². The van der Waals surface area contributed by atoms with Crippen LogP contribution in [0.4, 0.5) is 0 Å². The first-order chi connectivity index (χ1) is 10.1. The van der Waals surface area contributed by atoms with Crippen LogP contribution < -0.4 is 10.1 Å². The lowest BCUT2D eigenvalue weighted by Crippen LogP contribution is -2.34. The average molecular weight is 285 g/mol. The summed E-state index contributed by atoms with van der Waals surface area (Å²) in [4.78, 5) is 12.2. The minimum atomic E-state index is -0.0251. The molecule has 0 saturated carbocycles. The molecule has 1 unspecified atom stereocenters. The summed E-state index contributed by atoms with van der Waals surface area (Å²) in [5.74, 6) is 0.836. The number of aryl methyl sites for hydroxylation is 2. The highest BCUT2D eigenvalue weighted by molar-refractivity contribution is 5.76. The Morgan fingerprint density at radius 2 is 2.24 bits per heavy atom. The minimum absolute atomic E-state index is 0.0133. The predicted molar refractivity (Wildman–Crippen MR) is 79.1 cm³/mol. The van der Waals surface area contributed by atoms with Gasteiger partial charge >= 0.3 is 0 Å². The second-order valence-corrected chi connectivity index (χ2v) is 5.38. The van der Waals surface area contributed by atoms with E-state index in [1.165, 1.54) is 0 Å². The monoisotopic (exact) mass is 285 g/mol. The van der Waals surface area contributed by atoms with Crippen molar-refractivity contribution in [2.75, 3.05) is 6.61 Å². The molecular weight excluding hydrogens is 266 g/mol. The van der Waals surface area contributed by atoms with Crippen molar-refractivity contribution < 1.29 is 9.53 Å². The number of benzene rings is 1. The number of para-hydroxylation sites is 1. The maximum Gasteiger partial charge on any atom is 0.242 e. The zero-order chi connectivity index (χ0) is 14.8. The summed E-state index contributed by atoms with van der Waals surface area (Å²) in [5, 5.41) is 7.40. The quantitative estimate of drug-likeness (QED) is 0.940. The Balaban J connectivity index is 1.70. The van der Waals surface area contributed by atoms with Gasteiger partial charge in [-0.3, -0.25) is 9.48 Å². The molecule has 0 spiro atoms. The lowest BCUT2D eigenvalue weighted by Gasteiger charge is -2.26. The fraction of sp³-hybridized carbons (Fsp3) is 0.375. The van der Waals surface area contributed by atoms with Gasteiger partial charge in [0.1, 0.15) is 12.3 Å². The Bertz CT molecular complexity index is 663. The van der Waals surface area contributed by atoms with Crippen molar-refractivity contribution in [3.8, 4) is 5.75 Å². The molecule has 21 heavy (non-hydrogen) atoms. The predicted octanol–water partition coefficient (Wildman–Crippen LogP) is 2.14. The van der Waals surface area contributed by atoms with Crippen LogP contribution in [0.1, 0.15) is 29.4 Å². The Kier molecular flexibility index (Phi) is 3.64. The first-order valence-electron chi connectivity index (χ1n) is 7.15. The van der Waals surface area contributed by atoms with E-state index in [4.69, 9.17) is 4.74 Å². The smallest absolute Gasteiger partial charge is 0.242 e. The number of carbonyl (C=O) groups is 1. The molecule has 2 aromatic rings. The molecule has 0 saturated heterocycles. The molecule has 1 aromatic heterocycles. The van der Waals surface area contributed by atoms with Crippen molar-refractivity contribution in [3.05, 3.63) is 47.3 Å². The average Bonchev–Trinajstić information content (AvgIpc) is 2.77. The van der Waals surface area contributed by atoms with Gasteiger partial charge in [-0.15, -0.1) is 0 Å². The highest BCUT2D eigenvalue weighted by Crippen LogP contribution is 2.31. The van der Waals surface area contributed by atoms with E-state index in [-0.39, 0.29) is 18.5 Å². The maximum atomic E-state index is 12.2. The topological polar surface area (TPSA) is 56.2 Å². The van der Waals surface area contributed by atoms with Gasteiger partial charge in [0, 0.05) is 17.7 Å². The normalized spacial score (nSPS) is 17.0. The van der Waals surface area contributed by atoms with E-state index in [1.807, 2.05) is 44.2 Å². The molecule has 0 bridgehead atoms. The molecule has 5 nitrogen and oxygen atoms in total. The number of rotatable bonds is 3. The summed E-state index contributed by atoms with van der Waals surface area (Å²) >= 11 is 0. The highest BCUT2D eigenvalue weighted by Gasteiger charge is 2.22. The van der Waals surface area contributed by atoms with Crippen molar-refractivity contribution in [2.24, 2.45) is 0 Å². The van der Waals surface area contributed by atoms with E-state index >= 15 is 0 Å². The molecule has 3 rings (SSSR count). The molecule has 0 fully saturated rings. The van der Waals surface area contributed by atoms with Gasteiger partial charge in [-0.25, -0.2) is 0 Å². The minimum Gasteiger partial charge on any atom is -0.493 e. The number of nitrogens with zero attached hydrogens (tertiary/aromatic N) is 2. The van der Waals surface area contributed by atoms with E-state index in [9.17, 15) is 4.79 Å². The SMILES string of the molecule is Cc1cc(C)n(CC(=O)NC2CCOc3ccccc32)n1. The molecule has 1 amide bonds. The fourth-order valence-corrected chi connectivity index (χ4v) is 2.70. The Hall–Kier alpha value is -2.30. The lowest BCUT2D eigenvalue weighted by molar-refractivity contribution is -0.122. The van der Waals surface area contributed by atoms with Crippen LogP contribution in [-0.4, -0.2) is 22.3 Å². The molecule has 1 aromatic carbocycles. The van der Waals surface area contributed by atoms with Gasteiger partial charge in [-0.2, -0.15) is 5.10 Å². The van der Waals surface area contributed by atoms with Crippen LogP contribution in [0.5, 0.6) is 5.75 Å². The van der Waals surface area contributed by atoms with Gasteiger partial charge in [0.15, 0.2) is 0 Å². The van der Waals surface area contributed by atoms with Crippen LogP contribution >= 0.6 is 0 Å². The van der Waals surface area contributed by atoms with Crippen LogP contribution in [0.2, 0.25) is 0 Å². The zero-order valence-corrected chi connectivity index (χ0v) is 12.3. The molecule has 0 aliphatic carbocycles. The van der Waals surface area contributed by atoms with Gasteiger partial charge in [0.2, 0.25) is 5.91 Å². The number of nitrogens with one attached hydrogen (secondary N) is 1. The van der Waals surface area contributed by atoms with Gasteiger partial charge in [0.25, 0.3) is 0 Å². The van der Waals surface area contributed by atoms with E-state index in [1.54, 1.807) is 4.68 Å². The van der Waals surface area contributed by atoms with Gasteiger partial charge in [0.05, 0.1) is 18.3 Å². The van der Waals surface area contributed by atoms with Crippen molar-refractivity contribution in [2.45, 2.75) is 32.9 Å². The van der Waals surface area contributed by atoms with Crippen molar-refractivity contribution in [3.63, 3.8) is 0 Å². The third kappa shape index (κ3) is 2.91. The van der Waals surface area contributed by atoms with Crippen LogP contribution in [-0.2, 0) is 11.3 Å². The number of hydrogen-bond donors (Lipinski definition) is 1. The van der Waals surface area contributed by atoms with E-state index in [0.29, 0.717) is 6.61 Å². The molecule has 5 heteroatoms. The Labute approximate surface area is 123 Å². The Morgan fingerprint density at radius 1 is 1.43 bits per heavy atom. The Morgan fingerprint density at radius 3 is 3.00 bits per heavy atom. The fourth-order valence-electron chi connectivity index (χ4n) is 2.70. The van der Waals surface area contributed by atoms with Gasteiger partial charge in [-0.1, -0.05) is 18.2 Å². The lowest BCUT2D eigenvalue weighted by atomic mass is 10.0. The largest absolute Gasteiger partial charge is 0.493 e. The summed E-state index contributed by atoms with van der Waals surface area (Å²) < 4.78 is 7.34. The van der Waals surface area contributed by atoms with Gasteiger partial charge < -0.3 is 10.1 Å². The molecule has 1 aliphatic heterocycles. The third-order valence-electron chi connectivity index (χ3n) is 3.69. The summed E-state index contributed by atoms with van der Waals surface area (Å²) in [6.45, 7) is 4.76. The maximum absolute atomic E-state index is 12.2. The number of aromatic nitrogens is 2. The first kappa shape index (κ1) is 13.7. The zero-order valence-electron chi connectivity index (χ0n) is 12.3. The molecule has 1 aliphatic rings. The van der Waals surface area contributed by atoms with E-state index in [0.717, 1.165) is 29.1 Å². The number of fused-ring (bicyclic) bond motifs is 1. The third-order valence-corrected chi connectivity index (χ3v) is 3.69. The van der Waals surface area contributed by atoms with Crippen molar-refractivity contribution in [1.29, 1.82) is 0 Å². The van der Waals surface area contributed by atoms with Crippen LogP contribution in [0.25, 0.3) is 0 Å². The second kappa shape index (κ2) is 5.60. The highest BCUT2D eigenvalue weighted by atomic mass is 16.5. The van der Waals surface area contributed by atoms with Crippen LogP contribution in [0, 0.1) is 13.8 Å². The molecule has 1 atom stereocenters. The first-order valence-corrected chi connectivity index (χ1v) is 7.15. The number of amides is 1. The van der Waals surface area contributed by atoms with E-state index in [2.05, 4.69) is 10.4 Å². The number of hydrogen-bond acceptors (Lipinski definition) is 3. The number of ether oxygens (including phenoxy) is 1. The van der Waals surface area contributed by atoms with Crippen LogP contribution in [0.3, 0.4) is 0 Å². The summed E-state index contributed by atoms with van der Waals surface area (Å²) in [6, 6.07) is 9.83. The standard InChI is InChI=1S/C16H19N3O2/c1-11-9-12(2)19(18-11)10-16(20)17-14-7-8-21-15-6-4-3-5-13(14)15/h3-6,9,14H,7-8,10H2,1-2H3,(H,17,20). The molecule has 0 radical (unpaired) electrons. The molecular formula is C16H19N3O2. The van der Waals surface area contributed by atoms with Crippen LogP contribution in [0.15, 0.2) is 30.3 Å². The van der Waals surface area contributed by atoms with E-state index < -0.39 is 0 Å². The summed E-state index contributed by atoms with van der Waals surface area (Å²) in [6.07, 6.45) is 0.792. The summed E-state index contributed by atoms with van der Waals surface area (Å²) in [5.41, 5.74) is 2.97. The number of carbonyl (C=O) groups excluding carboxylic acids is 1. The molecule has 110 valence electrons. The second-order valence-electron chi connectivity index (χ2n) is 5.38. The molecule has 1 N–H and O–H groups in total.